The van der Waals surface area contributed by atoms with Crippen molar-refractivity contribution >= 4 is 28.8 Å². The van der Waals surface area contributed by atoms with E-state index in [9.17, 15) is 4.79 Å². The summed E-state index contributed by atoms with van der Waals surface area (Å²) in [6.07, 6.45) is 9.58. The molecule has 4 aromatic rings. The van der Waals surface area contributed by atoms with E-state index in [-0.39, 0.29) is 6.03 Å². The maximum absolute atomic E-state index is 12.3. The zero-order valence-electron chi connectivity index (χ0n) is 20.2. The number of carbonyl (C=O) groups excluding carboxylic acids is 1. The van der Waals surface area contributed by atoms with Crippen LogP contribution in [0.2, 0.25) is 0 Å². The van der Waals surface area contributed by atoms with E-state index < -0.39 is 0 Å². The monoisotopic (exact) mass is 483 g/mol. The highest BCUT2D eigenvalue weighted by Crippen LogP contribution is 2.43. The number of amides is 2. The highest BCUT2D eigenvalue weighted by atomic mass is 16.5. The van der Waals surface area contributed by atoms with E-state index in [1.807, 2.05) is 42.5 Å². The van der Waals surface area contributed by atoms with Gasteiger partial charge in [-0.15, -0.1) is 0 Å². The smallest absolute Gasteiger partial charge is 0.320 e. The minimum atomic E-state index is -0.161. The van der Waals surface area contributed by atoms with Crippen molar-refractivity contribution in [1.29, 1.82) is 5.41 Å². The lowest BCUT2D eigenvalue weighted by Crippen LogP contribution is -2.41. The van der Waals surface area contributed by atoms with Gasteiger partial charge >= 0.3 is 12.0 Å². The topological polar surface area (TPSA) is 110 Å². The number of aryl methyl sites for hydroxylation is 1. The third kappa shape index (κ3) is 4.00. The van der Waals surface area contributed by atoms with Crippen molar-refractivity contribution in [3.8, 4) is 23.0 Å². The van der Waals surface area contributed by atoms with Gasteiger partial charge in [0.1, 0.15) is 12.1 Å². The molecule has 2 aliphatic carbocycles. The van der Waals surface area contributed by atoms with Crippen LogP contribution in [0.5, 0.6) is 11.8 Å². The predicted molar refractivity (Wildman–Crippen MR) is 139 cm³/mol. The van der Waals surface area contributed by atoms with Crippen LogP contribution in [0.1, 0.15) is 50.1 Å². The summed E-state index contributed by atoms with van der Waals surface area (Å²) in [4.78, 5) is 16.4. The van der Waals surface area contributed by atoms with Gasteiger partial charge in [-0.3, -0.25) is 0 Å². The maximum Gasteiger partial charge on any atom is 0.320 e. The molecule has 9 nitrogen and oxygen atoms in total. The summed E-state index contributed by atoms with van der Waals surface area (Å²) in [5.74, 6) is 0.678. The SMILES string of the molecule is Cn1ncnc1Oc1ccc2c(C=N)c(-c3ccc(NC(=O)NC4CCC4)cc3)n(C3CCC3)c2c1. The first-order valence-electron chi connectivity index (χ1n) is 12.5. The first kappa shape index (κ1) is 22.3. The lowest BCUT2D eigenvalue weighted by atomic mass is 9.92. The zero-order chi connectivity index (χ0) is 24.6. The molecular formula is C27H29N7O2. The molecule has 0 unspecified atom stereocenters. The molecule has 9 heteroatoms. The Kier molecular flexibility index (Phi) is 5.67. The first-order chi connectivity index (χ1) is 17.6. The fourth-order valence-electron chi connectivity index (χ4n) is 4.94. The van der Waals surface area contributed by atoms with Crippen LogP contribution in [-0.4, -0.2) is 37.6 Å². The molecule has 184 valence electrons. The summed E-state index contributed by atoms with van der Waals surface area (Å²) in [5, 5.41) is 19.3. The molecule has 2 heterocycles. The minimum Gasteiger partial charge on any atom is -0.424 e. The summed E-state index contributed by atoms with van der Waals surface area (Å²) < 4.78 is 9.94. The molecule has 2 aromatic heterocycles. The molecule has 2 aromatic carbocycles. The number of hydrogen-bond acceptors (Lipinski definition) is 5. The number of hydrogen-bond donors (Lipinski definition) is 3. The van der Waals surface area contributed by atoms with Gasteiger partial charge in [-0.05, 0) is 68.4 Å². The molecule has 2 saturated carbocycles. The minimum absolute atomic E-state index is 0.161. The number of rotatable bonds is 7. The second-order valence-electron chi connectivity index (χ2n) is 9.61. The molecule has 2 amide bonds. The largest absolute Gasteiger partial charge is 0.424 e. The van der Waals surface area contributed by atoms with Gasteiger partial charge in [0, 0.05) is 48.0 Å². The molecule has 2 fully saturated rings. The Labute approximate surface area is 209 Å². The number of carbonyl (C=O) groups is 1. The fraction of sp³-hybridized carbons (Fsp3) is 0.333. The molecular weight excluding hydrogens is 454 g/mol. The van der Waals surface area contributed by atoms with E-state index in [4.69, 9.17) is 10.1 Å². The van der Waals surface area contributed by atoms with Crippen LogP contribution in [0.3, 0.4) is 0 Å². The lowest BCUT2D eigenvalue weighted by molar-refractivity contribution is 0.240. The third-order valence-electron chi connectivity index (χ3n) is 7.33. The molecule has 2 aliphatic rings. The van der Waals surface area contributed by atoms with Gasteiger partial charge in [-0.1, -0.05) is 12.1 Å². The Morgan fingerprint density at radius 1 is 1.11 bits per heavy atom. The van der Waals surface area contributed by atoms with E-state index in [0.717, 1.165) is 59.1 Å². The first-order valence-corrected chi connectivity index (χ1v) is 12.5. The van der Waals surface area contributed by atoms with E-state index >= 15 is 0 Å². The molecule has 36 heavy (non-hydrogen) atoms. The van der Waals surface area contributed by atoms with Crippen molar-refractivity contribution in [3.05, 3.63) is 54.4 Å². The Morgan fingerprint density at radius 3 is 2.50 bits per heavy atom. The van der Waals surface area contributed by atoms with Crippen LogP contribution in [0, 0.1) is 5.41 Å². The van der Waals surface area contributed by atoms with Crippen molar-refractivity contribution in [2.24, 2.45) is 7.05 Å². The number of nitrogens with zero attached hydrogens (tertiary/aromatic N) is 4. The van der Waals surface area contributed by atoms with E-state index in [1.165, 1.54) is 25.4 Å². The van der Waals surface area contributed by atoms with E-state index in [2.05, 4.69) is 25.3 Å². The molecule has 0 bridgehead atoms. The Morgan fingerprint density at radius 2 is 1.89 bits per heavy atom. The van der Waals surface area contributed by atoms with Crippen molar-refractivity contribution in [1.82, 2.24) is 24.6 Å². The highest BCUT2D eigenvalue weighted by Gasteiger charge is 2.27. The summed E-state index contributed by atoms with van der Waals surface area (Å²) in [6, 6.07) is 14.8. The quantitative estimate of drug-likeness (QED) is 0.296. The molecule has 3 N–H and O–H groups in total. The van der Waals surface area contributed by atoms with Crippen molar-refractivity contribution in [3.63, 3.8) is 0 Å². The second-order valence-corrected chi connectivity index (χ2v) is 9.61. The predicted octanol–water partition coefficient (Wildman–Crippen LogP) is 5.63. The second kappa shape index (κ2) is 9.14. The Hall–Kier alpha value is -4.14. The molecule has 0 aliphatic heterocycles. The van der Waals surface area contributed by atoms with Gasteiger partial charge in [0.05, 0.1) is 11.2 Å². The van der Waals surface area contributed by atoms with Gasteiger partial charge in [0.2, 0.25) is 0 Å². The third-order valence-corrected chi connectivity index (χ3v) is 7.33. The number of anilines is 1. The van der Waals surface area contributed by atoms with Gasteiger partial charge in [-0.2, -0.15) is 10.1 Å². The summed E-state index contributed by atoms with van der Waals surface area (Å²) >= 11 is 0. The van der Waals surface area contributed by atoms with Crippen molar-refractivity contribution in [2.45, 2.75) is 50.6 Å². The van der Waals surface area contributed by atoms with Crippen molar-refractivity contribution < 1.29 is 9.53 Å². The normalized spacial score (nSPS) is 15.8. The van der Waals surface area contributed by atoms with Crippen LogP contribution in [0.25, 0.3) is 22.2 Å². The summed E-state index contributed by atoms with van der Waals surface area (Å²) in [5.41, 5.74) is 4.70. The Balaban J connectivity index is 1.36. The standard InChI is InChI=1S/C27H29N7O2/c1-33-27(29-16-30-33)36-21-12-13-22-23(15-28)25(34(24(22)14-21)20-6-3-7-20)17-8-10-19(11-9-17)32-26(35)31-18-4-2-5-18/h8-16,18,20,28H,2-7H2,1H3,(H2,31,32,35). The van der Waals surface area contributed by atoms with E-state index in [1.54, 1.807) is 11.7 Å². The van der Waals surface area contributed by atoms with Crippen LogP contribution in [0.4, 0.5) is 10.5 Å². The average Bonchev–Trinajstić information content (AvgIpc) is 3.36. The van der Waals surface area contributed by atoms with Gasteiger partial charge in [0.25, 0.3) is 0 Å². The molecule has 0 atom stereocenters. The van der Waals surface area contributed by atoms with Crippen LogP contribution < -0.4 is 15.4 Å². The Bertz CT molecular complexity index is 1430. The van der Waals surface area contributed by atoms with Crippen LogP contribution in [0.15, 0.2) is 48.8 Å². The number of aromatic nitrogens is 4. The lowest BCUT2D eigenvalue weighted by Gasteiger charge is -2.30. The number of nitrogens with one attached hydrogen (secondary N) is 3. The van der Waals surface area contributed by atoms with Gasteiger partial charge < -0.3 is 25.3 Å². The maximum atomic E-state index is 12.3. The molecule has 6 rings (SSSR count). The van der Waals surface area contributed by atoms with Crippen LogP contribution in [-0.2, 0) is 7.05 Å². The molecule has 0 radical (unpaired) electrons. The zero-order valence-corrected chi connectivity index (χ0v) is 20.2. The average molecular weight is 484 g/mol. The molecule has 0 spiro atoms. The summed E-state index contributed by atoms with van der Waals surface area (Å²) in [6.45, 7) is 0. The number of urea groups is 1. The van der Waals surface area contributed by atoms with Crippen LogP contribution >= 0.6 is 0 Å². The van der Waals surface area contributed by atoms with Crippen molar-refractivity contribution in [2.75, 3.05) is 5.32 Å². The number of fused-ring (bicyclic) bond motifs is 1. The van der Waals surface area contributed by atoms with E-state index in [0.29, 0.717) is 23.8 Å². The van der Waals surface area contributed by atoms with Gasteiger partial charge in [-0.25, -0.2) is 9.48 Å². The fourth-order valence-corrected chi connectivity index (χ4v) is 4.94. The number of benzene rings is 2. The van der Waals surface area contributed by atoms with Gasteiger partial charge in [0.15, 0.2) is 0 Å². The molecule has 0 saturated heterocycles. The number of ether oxygens (including phenoxy) is 1. The highest BCUT2D eigenvalue weighted by molar-refractivity contribution is 6.06. The summed E-state index contributed by atoms with van der Waals surface area (Å²) in [7, 11) is 1.79.